The molecule has 1 fully saturated rings. The molecule has 0 bridgehead atoms. The zero-order valence-corrected chi connectivity index (χ0v) is 10.7. The van der Waals surface area contributed by atoms with Crippen molar-refractivity contribution in [2.24, 2.45) is 0 Å². The zero-order chi connectivity index (χ0) is 12.3. The van der Waals surface area contributed by atoms with Crippen molar-refractivity contribution in [1.29, 1.82) is 0 Å². The third-order valence-electron chi connectivity index (χ3n) is 2.91. The molecule has 0 spiro atoms. The fourth-order valence-corrected chi connectivity index (χ4v) is 1.86. The van der Waals surface area contributed by atoms with Gasteiger partial charge >= 0.3 is 0 Å². The first-order chi connectivity index (χ1) is 8.15. The van der Waals surface area contributed by atoms with Crippen molar-refractivity contribution in [3.8, 4) is 5.75 Å². The highest BCUT2D eigenvalue weighted by Gasteiger charge is 2.45. The minimum atomic E-state index is -0.429. The van der Waals surface area contributed by atoms with Gasteiger partial charge in [0.15, 0.2) is 0 Å². The van der Waals surface area contributed by atoms with Crippen molar-refractivity contribution < 1.29 is 9.13 Å². The van der Waals surface area contributed by atoms with Crippen LogP contribution in [0, 0.1) is 5.82 Å². The molecule has 4 heteroatoms. The number of nitrogens with one attached hydrogen (secondary N) is 1. The summed E-state index contributed by atoms with van der Waals surface area (Å²) in [6.45, 7) is 3.94. The molecule has 0 aromatic heterocycles. The van der Waals surface area contributed by atoms with Gasteiger partial charge in [0.25, 0.3) is 0 Å². The van der Waals surface area contributed by atoms with Gasteiger partial charge in [-0.15, -0.1) is 0 Å². The largest absolute Gasteiger partial charge is 0.486 e. The molecule has 0 radical (unpaired) electrons. The molecule has 1 aliphatic rings. The highest BCUT2D eigenvalue weighted by Crippen LogP contribution is 2.40. The Morgan fingerprint density at radius 3 is 2.82 bits per heavy atom. The number of benzene rings is 1. The third kappa shape index (κ3) is 3.33. The summed E-state index contributed by atoms with van der Waals surface area (Å²) in [4.78, 5) is 0. The van der Waals surface area contributed by atoms with Gasteiger partial charge in [-0.3, -0.25) is 0 Å². The third-order valence-corrected chi connectivity index (χ3v) is 3.21. The lowest BCUT2D eigenvalue weighted by molar-refractivity contribution is 0.175. The molecule has 2 rings (SSSR count). The standard InChI is InChI=1S/C13H17ClFNO/c1-2-7-16-9-13(5-6-13)17-10-3-4-11(14)12(15)8-10/h3-4,8,16H,2,5-7,9H2,1H3. The summed E-state index contributed by atoms with van der Waals surface area (Å²) in [6, 6.07) is 4.59. The lowest BCUT2D eigenvalue weighted by Gasteiger charge is -2.18. The average molecular weight is 258 g/mol. The molecule has 1 saturated carbocycles. The van der Waals surface area contributed by atoms with E-state index in [2.05, 4.69) is 12.2 Å². The minimum Gasteiger partial charge on any atom is -0.486 e. The van der Waals surface area contributed by atoms with Gasteiger partial charge < -0.3 is 10.1 Å². The first-order valence-corrected chi connectivity index (χ1v) is 6.38. The van der Waals surface area contributed by atoms with Crippen LogP contribution in [-0.4, -0.2) is 18.7 Å². The van der Waals surface area contributed by atoms with E-state index in [1.807, 2.05) is 0 Å². The van der Waals surface area contributed by atoms with Gasteiger partial charge in [0.1, 0.15) is 17.2 Å². The molecule has 0 saturated heterocycles. The van der Waals surface area contributed by atoms with Crippen LogP contribution in [0.25, 0.3) is 0 Å². The van der Waals surface area contributed by atoms with Crippen LogP contribution < -0.4 is 10.1 Å². The Bertz CT molecular complexity index is 393. The fraction of sp³-hybridized carbons (Fsp3) is 0.538. The summed E-state index contributed by atoms with van der Waals surface area (Å²) >= 11 is 5.63. The maximum Gasteiger partial charge on any atom is 0.145 e. The van der Waals surface area contributed by atoms with Crippen LogP contribution in [0.3, 0.4) is 0 Å². The molecule has 1 N–H and O–H groups in total. The summed E-state index contributed by atoms with van der Waals surface area (Å²) in [5, 5.41) is 3.47. The Morgan fingerprint density at radius 2 is 2.24 bits per heavy atom. The van der Waals surface area contributed by atoms with Gasteiger partial charge in [0.2, 0.25) is 0 Å². The van der Waals surface area contributed by atoms with Gasteiger partial charge in [-0.25, -0.2) is 4.39 Å². The van der Waals surface area contributed by atoms with E-state index in [4.69, 9.17) is 16.3 Å². The Labute approximate surface area is 106 Å². The Hall–Kier alpha value is -0.800. The predicted octanol–water partition coefficient (Wildman–Crippen LogP) is 3.39. The summed E-state index contributed by atoms with van der Waals surface area (Å²) in [6.07, 6.45) is 3.15. The molecule has 1 aromatic rings. The number of rotatable bonds is 6. The van der Waals surface area contributed by atoms with E-state index < -0.39 is 5.82 Å². The van der Waals surface area contributed by atoms with E-state index in [0.29, 0.717) is 5.75 Å². The predicted molar refractivity (Wildman–Crippen MR) is 67.2 cm³/mol. The van der Waals surface area contributed by atoms with Gasteiger partial charge in [0, 0.05) is 12.6 Å². The van der Waals surface area contributed by atoms with Crippen LogP contribution >= 0.6 is 11.6 Å². The van der Waals surface area contributed by atoms with Gasteiger partial charge in [-0.2, -0.15) is 0 Å². The highest BCUT2D eigenvalue weighted by atomic mass is 35.5. The van der Waals surface area contributed by atoms with E-state index in [-0.39, 0.29) is 10.6 Å². The van der Waals surface area contributed by atoms with E-state index in [1.54, 1.807) is 6.07 Å². The second kappa shape index (κ2) is 5.23. The first-order valence-electron chi connectivity index (χ1n) is 6.00. The van der Waals surface area contributed by atoms with Crippen LogP contribution in [0.4, 0.5) is 4.39 Å². The van der Waals surface area contributed by atoms with Gasteiger partial charge in [-0.05, 0) is 37.9 Å². The minimum absolute atomic E-state index is 0.130. The summed E-state index contributed by atoms with van der Waals surface area (Å²) in [5.41, 5.74) is -0.130. The summed E-state index contributed by atoms with van der Waals surface area (Å²) in [7, 11) is 0. The quantitative estimate of drug-likeness (QED) is 0.789. The monoisotopic (exact) mass is 257 g/mol. The molecule has 17 heavy (non-hydrogen) atoms. The van der Waals surface area contributed by atoms with Crippen LogP contribution in [0.1, 0.15) is 26.2 Å². The Balaban J connectivity index is 1.93. The molecular weight excluding hydrogens is 241 g/mol. The number of halogens is 2. The van der Waals surface area contributed by atoms with Crippen LogP contribution in [0.2, 0.25) is 5.02 Å². The Morgan fingerprint density at radius 1 is 1.47 bits per heavy atom. The molecule has 0 unspecified atom stereocenters. The second-order valence-corrected chi connectivity index (χ2v) is 4.94. The maximum atomic E-state index is 13.3. The van der Waals surface area contributed by atoms with Gasteiger partial charge in [-0.1, -0.05) is 18.5 Å². The molecule has 0 atom stereocenters. The van der Waals surface area contributed by atoms with E-state index in [1.165, 1.54) is 12.1 Å². The van der Waals surface area contributed by atoms with Crippen LogP contribution in [-0.2, 0) is 0 Å². The normalized spacial score (nSPS) is 16.9. The van der Waals surface area contributed by atoms with E-state index >= 15 is 0 Å². The second-order valence-electron chi connectivity index (χ2n) is 4.54. The molecule has 0 heterocycles. The van der Waals surface area contributed by atoms with E-state index in [9.17, 15) is 4.39 Å². The number of hydrogen-bond donors (Lipinski definition) is 1. The zero-order valence-electron chi connectivity index (χ0n) is 9.93. The molecule has 1 aliphatic carbocycles. The molecule has 0 aliphatic heterocycles. The molecule has 2 nitrogen and oxygen atoms in total. The van der Waals surface area contributed by atoms with Crippen molar-refractivity contribution >= 4 is 11.6 Å². The lowest BCUT2D eigenvalue weighted by atomic mass is 10.3. The molecular formula is C13H17ClFNO. The molecule has 94 valence electrons. The smallest absolute Gasteiger partial charge is 0.145 e. The molecule has 1 aromatic carbocycles. The first kappa shape index (κ1) is 12.7. The number of hydrogen-bond acceptors (Lipinski definition) is 2. The van der Waals surface area contributed by atoms with Crippen molar-refractivity contribution in [3.05, 3.63) is 29.0 Å². The van der Waals surface area contributed by atoms with Crippen molar-refractivity contribution in [1.82, 2.24) is 5.32 Å². The topological polar surface area (TPSA) is 21.3 Å². The number of ether oxygens (including phenoxy) is 1. The Kier molecular flexibility index (Phi) is 3.89. The maximum absolute atomic E-state index is 13.3. The van der Waals surface area contributed by atoms with E-state index in [0.717, 1.165) is 32.4 Å². The van der Waals surface area contributed by atoms with Crippen molar-refractivity contribution in [2.45, 2.75) is 31.8 Å². The lowest BCUT2D eigenvalue weighted by Crippen LogP contribution is -2.33. The highest BCUT2D eigenvalue weighted by molar-refractivity contribution is 6.30. The van der Waals surface area contributed by atoms with Crippen molar-refractivity contribution in [2.75, 3.05) is 13.1 Å². The van der Waals surface area contributed by atoms with Gasteiger partial charge in [0.05, 0.1) is 5.02 Å². The molecule has 0 amide bonds. The van der Waals surface area contributed by atoms with Crippen molar-refractivity contribution in [3.63, 3.8) is 0 Å². The summed E-state index contributed by atoms with van der Waals surface area (Å²) < 4.78 is 19.1. The van der Waals surface area contributed by atoms with Crippen LogP contribution in [0.5, 0.6) is 5.75 Å². The summed E-state index contributed by atoms with van der Waals surface area (Å²) in [5.74, 6) is 0.129. The fourth-order valence-electron chi connectivity index (χ4n) is 1.74. The SMILES string of the molecule is CCCNCC1(Oc2ccc(Cl)c(F)c2)CC1. The van der Waals surface area contributed by atoms with Crippen LogP contribution in [0.15, 0.2) is 18.2 Å². The average Bonchev–Trinajstić information content (AvgIpc) is 3.04.